The van der Waals surface area contributed by atoms with E-state index in [0.717, 1.165) is 30.4 Å². The van der Waals surface area contributed by atoms with Gasteiger partial charge >= 0.3 is 5.97 Å². The quantitative estimate of drug-likeness (QED) is 0.457. The average molecular weight is 572 g/mol. The summed E-state index contributed by atoms with van der Waals surface area (Å²) in [7, 11) is -3.37. The first kappa shape index (κ1) is 27.9. The minimum atomic E-state index is -3.37. The Morgan fingerprint density at radius 1 is 1.13 bits per heavy atom. The van der Waals surface area contributed by atoms with E-state index in [2.05, 4.69) is 0 Å². The molecule has 1 amide bonds. The number of ether oxygens (including phenoxy) is 2. The van der Waals surface area contributed by atoms with Crippen molar-refractivity contribution in [3.63, 3.8) is 0 Å². The minimum Gasteiger partial charge on any atom is -0.449 e. The van der Waals surface area contributed by atoms with Crippen LogP contribution in [0.25, 0.3) is 16.7 Å². The Balaban J connectivity index is 1.44. The zero-order valence-corrected chi connectivity index (χ0v) is 24.2. The number of halogens is 1. The van der Waals surface area contributed by atoms with Crippen molar-refractivity contribution in [3.8, 4) is 11.1 Å². The van der Waals surface area contributed by atoms with Crippen LogP contribution in [0.4, 0.5) is 0 Å². The fourth-order valence-corrected chi connectivity index (χ4v) is 6.95. The van der Waals surface area contributed by atoms with Gasteiger partial charge in [0, 0.05) is 43.0 Å². The Kier molecular flexibility index (Phi) is 7.65. The molecule has 2 saturated heterocycles. The van der Waals surface area contributed by atoms with Crippen LogP contribution >= 0.6 is 11.6 Å². The van der Waals surface area contributed by atoms with Crippen molar-refractivity contribution < 1.29 is 27.5 Å². The Labute approximate surface area is 235 Å². The SMILES string of the molecule is CC1=C(c2cc(Cl)c(-c3cccc(S(C)(=O)=O)c3)cc2C)C(=O)OC12CCCN(C(=O)CC1CCOCC1)C2. The van der Waals surface area contributed by atoms with Crippen LogP contribution in [0.1, 0.15) is 50.2 Å². The highest BCUT2D eigenvalue weighted by Crippen LogP contribution is 2.45. The van der Waals surface area contributed by atoms with Crippen LogP contribution in [-0.4, -0.2) is 63.4 Å². The highest BCUT2D eigenvalue weighted by atomic mass is 35.5. The van der Waals surface area contributed by atoms with Gasteiger partial charge in [-0.2, -0.15) is 0 Å². The van der Waals surface area contributed by atoms with Crippen molar-refractivity contribution in [1.29, 1.82) is 0 Å². The summed E-state index contributed by atoms with van der Waals surface area (Å²) in [5, 5.41) is 0.409. The number of likely N-dealkylation sites (tertiary alicyclic amines) is 1. The van der Waals surface area contributed by atoms with E-state index in [1.165, 1.54) is 6.26 Å². The molecule has 1 unspecified atom stereocenters. The van der Waals surface area contributed by atoms with Gasteiger partial charge in [0.15, 0.2) is 15.4 Å². The third-order valence-corrected chi connectivity index (χ3v) is 9.74. The normalized spacial score (nSPS) is 22.5. The maximum absolute atomic E-state index is 13.3. The second kappa shape index (κ2) is 10.7. The molecule has 0 aromatic heterocycles. The Hall–Kier alpha value is -2.68. The van der Waals surface area contributed by atoms with E-state index in [9.17, 15) is 18.0 Å². The molecule has 2 aromatic carbocycles. The van der Waals surface area contributed by atoms with Crippen LogP contribution in [0.15, 0.2) is 46.9 Å². The number of carbonyl (C=O) groups is 2. The van der Waals surface area contributed by atoms with Gasteiger partial charge in [-0.3, -0.25) is 4.79 Å². The fraction of sp³-hybridized carbons (Fsp3) is 0.467. The van der Waals surface area contributed by atoms with Crippen molar-refractivity contribution in [2.75, 3.05) is 32.6 Å². The summed E-state index contributed by atoms with van der Waals surface area (Å²) in [4.78, 5) is 28.6. The lowest BCUT2D eigenvalue weighted by atomic mass is 9.83. The Bertz CT molecular complexity index is 1460. The van der Waals surface area contributed by atoms with Crippen molar-refractivity contribution in [1.82, 2.24) is 4.90 Å². The van der Waals surface area contributed by atoms with Crippen LogP contribution in [0, 0.1) is 12.8 Å². The van der Waals surface area contributed by atoms with E-state index in [1.807, 2.05) is 30.9 Å². The molecule has 0 N–H and O–H groups in total. The van der Waals surface area contributed by atoms with Crippen molar-refractivity contribution >= 4 is 38.9 Å². The monoisotopic (exact) mass is 571 g/mol. The summed E-state index contributed by atoms with van der Waals surface area (Å²) in [6, 6.07) is 10.3. The molecule has 0 aliphatic carbocycles. The number of sulfone groups is 1. The topological polar surface area (TPSA) is 90.0 Å². The fourth-order valence-electron chi connectivity index (χ4n) is 6.01. The second-order valence-electron chi connectivity index (χ2n) is 11.0. The van der Waals surface area contributed by atoms with Crippen molar-refractivity contribution in [2.45, 2.75) is 56.4 Å². The largest absolute Gasteiger partial charge is 0.449 e. The van der Waals surface area contributed by atoms with E-state index in [-0.39, 0.29) is 10.8 Å². The molecule has 1 spiro atoms. The van der Waals surface area contributed by atoms with Crippen LogP contribution in [0.3, 0.4) is 0 Å². The van der Waals surface area contributed by atoms with E-state index in [4.69, 9.17) is 21.1 Å². The summed E-state index contributed by atoms with van der Waals surface area (Å²) < 4.78 is 35.6. The smallest absolute Gasteiger partial charge is 0.339 e. The number of nitrogens with zero attached hydrogens (tertiary/aromatic N) is 1. The van der Waals surface area contributed by atoms with Crippen LogP contribution < -0.4 is 0 Å². The number of piperidine rings is 1. The van der Waals surface area contributed by atoms with E-state index < -0.39 is 21.4 Å². The predicted molar refractivity (Wildman–Crippen MR) is 150 cm³/mol. The van der Waals surface area contributed by atoms with E-state index in [0.29, 0.717) is 72.3 Å². The van der Waals surface area contributed by atoms with Crippen LogP contribution in [0.2, 0.25) is 5.02 Å². The van der Waals surface area contributed by atoms with E-state index in [1.54, 1.807) is 24.3 Å². The number of carbonyl (C=O) groups excluding carboxylic acids is 2. The molecule has 9 heteroatoms. The van der Waals surface area contributed by atoms with Crippen molar-refractivity contribution in [3.05, 3.63) is 58.1 Å². The molecule has 0 saturated carbocycles. The molecule has 0 bridgehead atoms. The zero-order chi connectivity index (χ0) is 27.9. The third kappa shape index (κ3) is 5.52. The van der Waals surface area contributed by atoms with Gasteiger partial charge in [0.25, 0.3) is 0 Å². The molecule has 2 fully saturated rings. The average Bonchev–Trinajstić information content (AvgIpc) is 3.13. The lowest BCUT2D eigenvalue weighted by molar-refractivity contribution is -0.154. The maximum atomic E-state index is 13.3. The molecule has 0 radical (unpaired) electrons. The van der Waals surface area contributed by atoms with Gasteiger partial charge in [-0.25, -0.2) is 13.2 Å². The third-order valence-electron chi connectivity index (χ3n) is 8.32. The summed E-state index contributed by atoms with van der Waals surface area (Å²) in [5.74, 6) is 0.0410. The Morgan fingerprint density at radius 2 is 1.87 bits per heavy atom. The van der Waals surface area contributed by atoms with Crippen LogP contribution in [0.5, 0.6) is 0 Å². The molecule has 39 heavy (non-hydrogen) atoms. The molecule has 3 heterocycles. The first-order chi connectivity index (χ1) is 18.5. The van der Waals surface area contributed by atoms with Gasteiger partial charge in [-0.05, 0) is 92.0 Å². The molecule has 208 valence electrons. The standard InChI is InChI=1S/C30H34ClNO6S/c1-19-14-25(22-6-4-7-23(16-22)39(3,35)36)26(31)17-24(19)28-20(2)30(38-29(28)34)10-5-11-32(18-30)27(33)15-21-8-12-37-13-9-21/h4,6-7,14,16-17,21H,5,8-13,15,18H2,1-3H3. The first-order valence-electron chi connectivity index (χ1n) is 13.4. The molecule has 2 aromatic rings. The number of hydrogen-bond donors (Lipinski definition) is 0. The van der Waals surface area contributed by atoms with Gasteiger partial charge in [0.1, 0.15) is 0 Å². The van der Waals surface area contributed by atoms with Crippen molar-refractivity contribution in [2.24, 2.45) is 5.92 Å². The number of esters is 1. The highest BCUT2D eigenvalue weighted by Gasteiger charge is 2.49. The number of aryl methyl sites for hydroxylation is 1. The summed E-state index contributed by atoms with van der Waals surface area (Å²) >= 11 is 6.73. The van der Waals surface area contributed by atoms with Gasteiger partial charge < -0.3 is 14.4 Å². The molecule has 3 aliphatic rings. The van der Waals surface area contributed by atoms with E-state index >= 15 is 0 Å². The molecular formula is C30H34ClNO6S. The molecule has 3 aliphatic heterocycles. The maximum Gasteiger partial charge on any atom is 0.339 e. The van der Waals surface area contributed by atoms with Gasteiger partial charge in [-0.1, -0.05) is 23.7 Å². The zero-order valence-electron chi connectivity index (χ0n) is 22.6. The number of amides is 1. The van der Waals surface area contributed by atoms with Crippen LogP contribution in [-0.2, 0) is 28.9 Å². The highest BCUT2D eigenvalue weighted by molar-refractivity contribution is 7.90. The molecule has 7 nitrogen and oxygen atoms in total. The van der Waals surface area contributed by atoms with Gasteiger partial charge in [0.05, 0.1) is 17.0 Å². The summed E-state index contributed by atoms with van der Waals surface area (Å²) in [6.45, 7) is 6.25. The second-order valence-corrected chi connectivity index (χ2v) is 13.4. The molecular weight excluding hydrogens is 538 g/mol. The summed E-state index contributed by atoms with van der Waals surface area (Å²) in [5.41, 5.74) is 3.35. The molecule has 5 rings (SSSR count). The van der Waals surface area contributed by atoms with Gasteiger partial charge in [-0.15, -0.1) is 0 Å². The first-order valence-corrected chi connectivity index (χ1v) is 15.7. The number of rotatable bonds is 5. The summed E-state index contributed by atoms with van der Waals surface area (Å²) in [6.07, 6.45) is 4.89. The predicted octanol–water partition coefficient (Wildman–Crippen LogP) is 5.23. The lowest BCUT2D eigenvalue weighted by Gasteiger charge is -2.40. The minimum absolute atomic E-state index is 0.109. The number of benzene rings is 2. The molecule has 1 atom stereocenters. The Morgan fingerprint density at radius 3 is 2.59 bits per heavy atom. The van der Waals surface area contributed by atoms with Gasteiger partial charge in [0.2, 0.25) is 5.91 Å². The number of hydrogen-bond acceptors (Lipinski definition) is 6. The lowest BCUT2D eigenvalue weighted by Crippen LogP contribution is -2.51.